The molecule has 1 aromatic heterocycles. The number of hydrogen-bond donors (Lipinski definition) is 0. The highest BCUT2D eigenvalue weighted by atomic mass is 35.5. The molecule has 0 atom stereocenters. The van der Waals surface area contributed by atoms with E-state index in [2.05, 4.69) is 199 Å². The first-order valence-electron chi connectivity index (χ1n) is 17.9. The molecule has 2 nitrogen and oxygen atoms in total. The molecule has 9 aromatic rings. The van der Waals surface area contributed by atoms with Crippen molar-refractivity contribution in [1.82, 2.24) is 4.57 Å². The predicted octanol–water partition coefficient (Wildman–Crippen LogP) is 14.0. The number of benzene rings is 8. The van der Waals surface area contributed by atoms with Crippen LogP contribution in [0.4, 0.5) is 17.1 Å². The van der Waals surface area contributed by atoms with E-state index in [9.17, 15) is 0 Å². The highest BCUT2D eigenvalue weighted by molar-refractivity contribution is 6.31. The minimum Gasteiger partial charge on any atom is -0.310 e. The highest BCUT2D eigenvalue weighted by Crippen LogP contribution is 2.51. The molecule has 0 unspecified atom stereocenters. The van der Waals surface area contributed by atoms with Gasteiger partial charge in [-0.25, -0.2) is 0 Å². The number of halogens is 1. The van der Waals surface area contributed by atoms with Crippen molar-refractivity contribution in [3.05, 3.63) is 192 Å². The zero-order valence-electron chi connectivity index (χ0n) is 29.0. The fourth-order valence-corrected chi connectivity index (χ4v) is 8.78. The van der Waals surface area contributed by atoms with E-state index >= 15 is 0 Å². The Kier molecular flexibility index (Phi) is 6.93. The molecule has 1 aliphatic rings. The number of fused-ring (bicyclic) bond motifs is 8. The van der Waals surface area contributed by atoms with Crippen LogP contribution in [0.3, 0.4) is 0 Å². The lowest BCUT2D eigenvalue weighted by Gasteiger charge is -2.28. The Labute approximate surface area is 308 Å². The first-order chi connectivity index (χ1) is 25.5. The van der Waals surface area contributed by atoms with Crippen molar-refractivity contribution in [2.75, 3.05) is 4.90 Å². The van der Waals surface area contributed by atoms with E-state index in [0.29, 0.717) is 5.02 Å². The maximum atomic E-state index is 7.06. The Morgan fingerprint density at radius 2 is 1.19 bits per heavy atom. The van der Waals surface area contributed by atoms with E-state index in [1.165, 1.54) is 54.8 Å². The van der Waals surface area contributed by atoms with Gasteiger partial charge in [0.25, 0.3) is 0 Å². The van der Waals surface area contributed by atoms with Crippen molar-refractivity contribution in [2.24, 2.45) is 0 Å². The van der Waals surface area contributed by atoms with Gasteiger partial charge in [0.2, 0.25) is 0 Å². The van der Waals surface area contributed by atoms with Crippen LogP contribution in [0.15, 0.2) is 176 Å². The van der Waals surface area contributed by atoms with Crippen molar-refractivity contribution < 1.29 is 0 Å². The quantitative estimate of drug-likeness (QED) is 0.175. The molecule has 8 aromatic carbocycles. The van der Waals surface area contributed by atoms with Gasteiger partial charge in [-0.1, -0.05) is 129 Å². The van der Waals surface area contributed by atoms with Gasteiger partial charge in [0.05, 0.1) is 11.0 Å². The molecule has 1 heterocycles. The van der Waals surface area contributed by atoms with Crippen LogP contribution >= 0.6 is 11.6 Å². The summed E-state index contributed by atoms with van der Waals surface area (Å²) in [6.07, 6.45) is 0. The summed E-state index contributed by atoms with van der Waals surface area (Å²) in [4.78, 5) is 2.34. The Bertz CT molecular complexity index is 2830. The average Bonchev–Trinajstić information content (AvgIpc) is 3.64. The molecular weight excluding hydrogens is 652 g/mol. The van der Waals surface area contributed by atoms with Crippen molar-refractivity contribution in [3.8, 4) is 27.9 Å². The third kappa shape index (κ3) is 4.72. The molecule has 1 aliphatic carbocycles. The Hall–Kier alpha value is -6.09. The molecule has 3 heteroatoms. The van der Waals surface area contributed by atoms with E-state index in [1.54, 1.807) is 0 Å². The molecule has 0 fully saturated rings. The smallest absolute Gasteiger partial charge is 0.0547 e. The minimum absolute atomic E-state index is 0.109. The van der Waals surface area contributed by atoms with Gasteiger partial charge in [-0.2, -0.15) is 0 Å². The Morgan fingerprint density at radius 3 is 2.04 bits per heavy atom. The molecule has 0 bridgehead atoms. The summed E-state index contributed by atoms with van der Waals surface area (Å²) in [5, 5.41) is 5.65. The summed E-state index contributed by atoms with van der Waals surface area (Å²) in [7, 11) is 0. The molecule has 0 spiro atoms. The molecule has 52 heavy (non-hydrogen) atoms. The number of nitrogens with zero attached hydrogens (tertiary/aromatic N) is 2. The second kappa shape index (κ2) is 11.7. The number of rotatable bonds is 5. The van der Waals surface area contributed by atoms with Crippen LogP contribution in [-0.2, 0) is 5.41 Å². The van der Waals surface area contributed by atoms with Gasteiger partial charge in [-0.05, 0) is 117 Å². The molecule has 0 radical (unpaired) electrons. The number of aromatic nitrogens is 1. The second-order valence-corrected chi connectivity index (χ2v) is 14.8. The maximum absolute atomic E-state index is 7.06. The normalized spacial score (nSPS) is 13.1. The highest BCUT2D eigenvalue weighted by Gasteiger charge is 2.35. The fourth-order valence-electron chi connectivity index (χ4n) is 8.55. The molecule has 0 saturated heterocycles. The van der Waals surface area contributed by atoms with Gasteiger partial charge in [-0.3, -0.25) is 0 Å². The molecule has 0 saturated carbocycles. The Morgan fingerprint density at radius 1 is 0.481 bits per heavy atom. The number of anilines is 3. The minimum atomic E-state index is -0.109. The molecule has 0 amide bonds. The van der Waals surface area contributed by atoms with Crippen molar-refractivity contribution in [1.29, 1.82) is 0 Å². The standard InChI is InChI=1S/C49H35ClN2/c1-49(2)44-20-12-11-19-41(44)42-24-23-38(31-45(42)49)51(36-14-5-3-6-15-36)39-28-34(27-35(50)30-39)33-22-25-46-43(29-33)48-40-18-10-9-13-32(40)21-26-47(48)52(46)37-16-7-4-8-17-37/h3-31H,1-2H3. The fraction of sp³-hybridized carbons (Fsp3) is 0.0612. The first kappa shape index (κ1) is 30.7. The summed E-state index contributed by atoms with van der Waals surface area (Å²) >= 11 is 7.06. The summed E-state index contributed by atoms with van der Waals surface area (Å²) in [6, 6.07) is 63.5. The molecule has 0 N–H and O–H groups in total. The van der Waals surface area contributed by atoms with Crippen LogP contribution in [0.1, 0.15) is 25.0 Å². The first-order valence-corrected chi connectivity index (χ1v) is 18.3. The van der Waals surface area contributed by atoms with Crippen LogP contribution in [-0.4, -0.2) is 4.57 Å². The van der Waals surface area contributed by atoms with Crippen molar-refractivity contribution in [2.45, 2.75) is 19.3 Å². The average molecular weight is 687 g/mol. The third-order valence-electron chi connectivity index (χ3n) is 11.0. The monoisotopic (exact) mass is 686 g/mol. The summed E-state index contributed by atoms with van der Waals surface area (Å²) in [5.74, 6) is 0. The number of hydrogen-bond acceptors (Lipinski definition) is 1. The van der Waals surface area contributed by atoms with Crippen LogP contribution in [0.25, 0.3) is 60.5 Å². The molecular formula is C49H35ClN2. The van der Waals surface area contributed by atoms with Crippen LogP contribution < -0.4 is 4.90 Å². The summed E-state index contributed by atoms with van der Waals surface area (Å²) in [6.45, 7) is 4.67. The summed E-state index contributed by atoms with van der Waals surface area (Å²) < 4.78 is 2.38. The topological polar surface area (TPSA) is 8.17 Å². The zero-order valence-corrected chi connectivity index (χ0v) is 29.8. The lowest BCUT2D eigenvalue weighted by atomic mass is 9.82. The van der Waals surface area contributed by atoms with Crippen molar-refractivity contribution in [3.63, 3.8) is 0 Å². The maximum Gasteiger partial charge on any atom is 0.0547 e. The third-order valence-corrected chi connectivity index (χ3v) is 11.2. The van der Waals surface area contributed by atoms with Crippen molar-refractivity contribution >= 4 is 61.2 Å². The molecule has 248 valence electrons. The van der Waals surface area contributed by atoms with Gasteiger partial charge in [0.1, 0.15) is 0 Å². The SMILES string of the molecule is CC1(C)c2ccccc2-c2ccc(N(c3ccccc3)c3cc(Cl)cc(-c4ccc5c(c4)c4c6ccccc6ccc4n5-c4ccccc4)c3)cc21. The summed E-state index contributed by atoms with van der Waals surface area (Å²) in [5.41, 5.74) is 14.1. The Balaban J connectivity index is 1.16. The predicted molar refractivity (Wildman–Crippen MR) is 221 cm³/mol. The van der Waals surface area contributed by atoms with Gasteiger partial charge >= 0.3 is 0 Å². The van der Waals surface area contributed by atoms with E-state index in [0.717, 1.165) is 33.9 Å². The van der Waals surface area contributed by atoms with Gasteiger partial charge in [0, 0.05) is 44.0 Å². The van der Waals surface area contributed by atoms with Gasteiger partial charge in [0.15, 0.2) is 0 Å². The van der Waals surface area contributed by atoms with Crippen LogP contribution in [0.2, 0.25) is 5.02 Å². The van der Waals surface area contributed by atoms with Crippen LogP contribution in [0, 0.1) is 0 Å². The van der Waals surface area contributed by atoms with E-state index in [-0.39, 0.29) is 5.41 Å². The van der Waals surface area contributed by atoms with E-state index < -0.39 is 0 Å². The van der Waals surface area contributed by atoms with Gasteiger partial charge in [-0.15, -0.1) is 0 Å². The lowest BCUT2D eigenvalue weighted by Crippen LogP contribution is -2.16. The number of para-hydroxylation sites is 2. The van der Waals surface area contributed by atoms with Crippen LogP contribution in [0.5, 0.6) is 0 Å². The largest absolute Gasteiger partial charge is 0.310 e. The van der Waals surface area contributed by atoms with E-state index in [1.807, 2.05) is 0 Å². The molecule has 0 aliphatic heterocycles. The van der Waals surface area contributed by atoms with E-state index in [4.69, 9.17) is 11.6 Å². The molecule has 10 rings (SSSR count). The van der Waals surface area contributed by atoms with Gasteiger partial charge < -0.3 is 9.47 Å². The second-order valence-electron chi connectivity index (χ2n) is 14.4. The lowest BCUT2D eigenvalue weighted by molar-refractivity contribution is 0.660. The zero-order chi connectivity index (χ0) is 35.0.